The van der Waals surface area contributed by atoms with Gasteiger partial charge in [-0.1, -0.05) is 6.07 Å². The van der Waals surface area contributed by atoms with Gasteiger partial charge in [-0.2, -0.15) is 0 Å². The molecule has 2 aliphatic rings. The Morgan fingerprint density at radius 2 is 2.20 bits per heavy atom. The van der Waals surface area contributed by atoms with Crippen LogP contribution in [0.2, 0.25) is 0 Å². The maximum atomic E-state index is 12.5. The highest BCUT2D eigenvalue weighted by Gasteiger charge is 2.40. The molecule has 0 saturated carbocycles. The van der Waals surface area contributed by atoms with Gasteiger partial charge >= 0.3 is 0 Å². The van der Waals surface area contributed by atoms with Crippen molar-refractivity contribution in [2.45, 2.75) is 44.9 Å². The van der Waals surface area contributed by atoms with Crippen molar-refractivity contribution in [2.75, 3.05) is 19.6 Å². The van der Waals surface area contributed by atoms with E-state index in [1.54, 1.807) is 11.3 Å². The molecule has 0 radical (unpaired) electrons. The summed E-state index contributed by atoms with van der Waals surface area (Å²) in [5.41, 5.74) is 0. The van der Waals surface area contributed by atoms with Crippen molar-refractivity contribution < 1.29 is 4.79 Å². The molecule has 0 aliphatic carbocycles. The second-order valence-corrected chi connectivity index (χ2v) is 6.89. The zero-order chi connectivity index (χ0) is 14.1. The van der Waals surface area contributed by atoms with Gasteiger partial charge in [-0.15, -0.1) is 11.3 Å². The number of amides is 1. The number of hydrogen-bond donors (Lipinski definition) is 1. The smallest absolute Gasteiger partial charge is 0.241 e. The van der Waals surface area contributed by atoms with E-state index < -0.39 is 0 Å². The van der Waals surface area contributed by atoms with Crippen LogP contribution in [0, 0.1) is 0 Å². The molecule has 0 aromatic carbocycles. The summed E-state index contributed by atoms with van der Waals surface area (Å²) in [6, 6.07) is 4.34. The molecular weight excluding hydrogens is 270 g/mol. The lowest BCUT2D eigenvalue weighted by molar-refractivity contribution is -0.132. The van der Waals surface area contributed by atoms with Crippen LogP contribution in [0.4, 0.5) is 0 Å². The zero-order valence-electron chi connectivity index (χ0n) is 12.2. The summed E-state index contributed by atoms with van der Waals surface area (Å²) in [4.78, 5) is 18.2. The van der Waals surface area contributed by atoms with Crippen LogP contribution in [-0.4, -0.2) is 47.4 Å². The lowest BCUT2D eigenvalue weighted by Crippen LogP contribution is -2.44. The van der Waals surface area contributed by atoms with Gasteiger partial charge in [0.2, 0.25) is 5.91 Å². The first-order valence-electron chi connectivity index (χ1n) is 7.51. The molecule has 1 amide bonds. The van der Waals surface area contributed by atoms with Crippen molar-refractivity contribution in [1.29, 1.82) is 0 Å². The molecule has 3 unspecified atom stereocenters. The quantitative estimate of drug-likeness (QED) is 0.923. The molecule has 3 atom stereocenters. The van der Waals surface area contributed by atoms with E-state index >= 15 is 0 Å². The van der Waals surface area contributed by atoms with E-state index in [4.69, 9.17) is 0 Å². The topological polar surface area (TPSA) is 35.6 Å². The molecule has 20 heavy (non-hydrogen) atoms. The number of nitrogens with zero attached hydrogens (tertiary/aromatic N) is 2. The van der Waals surface area contributed by atoms with Gasteiger partial charge in [0.05, 0.1) is 6.04 Å². The molecule has 2 aliphatic heterocycles. The first kappa shape index (κ1) is 14.0. The lowest BCUT2D eigenvalue weighted by Gasteiger charge is -2.32. The minimum Gasteiger partial charge on any atom is -0.317 e. The summed E-state index contributed by atoms with van der Waals surface area (Å²) < 4.78 is 0. The number of carbonyl (C=O) groups excluding carboxylic acids is 1. The molecule has 3 rings (SSSR count). The molecule has 4 nitrogen and oxygen atoms in total. The van der Waals surface area contributed by atoms with E-state index in [9.17, 15) is 4.79 Å². The lowest BCUT2D eigenvalue weighted by atomic mass is 10.2. The van der Waals surface area contributed by atoms with E-state index in [2.05, 4.69) is 39.6 Å². The van der Waals surface area contributed by atoms with Gasteiger partial charge in [-0.3, -0.25) is 10.1 Å². The molecule has 0 spiro atoms. The number of likely N-dealkylation sites (tertiary alicyclic amines) is 1. The molecule has 3 heterocycles. The largest absolute Gasteiger partial charge is 0.317 e. The van der Waals surface area contributed by atoms with Crippen molar-refractivity contribution in [3.05, 3.63) is 22.4 Å². The fourth-order valence-electron chi connectivity index (χ4n) is 3.30. The molecule has 5 heteroatoms. The molecule has 2 fully saturated rings. The zero-order valence-corrected chi connectivity index (χ0v) is 13.0. The van der Waals surface area contributed by atoms with Gasteiger partial charge < -0.3 is 9.80 Å². The van der Waals surface area contributed by atoms with E-state index in [0.29, 0.717) is 0 Å². The van der Waals surface area contributed by atoms with E-state index in [1.807, 2.05) is 6.92 Å². The third-order valence-electron chi connectivity index (χ3n) is 4.32. The van der Waals surface area contributed by atoms with E-state index in [0.717, 1.165) is 6.54 Å². The number of rotatable bonds is 4. The predicted octanol–water partition coefficient (Wildman–Crippen LogP) is 2.05. The second kappa shape index (κ2) is 5.84. The third-order valence-corrected chi connectivity index (χ3v) is 5.24. The number of thiophene rings is 1. The van der Waals surface area contributed by atoms with E-state index in [1.165, 1.54) is 30.8 Å². The normalized spacial score (nSPS) is 29.3. The Morgan fingerprint density at radius 3 is 2.85 bits per heavy atom. The summed E-state index contributed by atoms with van der Waals surface area (Å²) in [5.74, 6) is 0.232. The van der Waals surface area contributed by atoms with E-state index in [-0.39, 0.29) is 24.2 Å². The molecule has 1 aromatic rings. The molecule has 1 aromatic heterocycles. The summed E-state index contributed by atoms with van der Waals surface area (Å²) in [6.07, 6.45) is 2.64. The highest BCUT2D eigenvalue weighted by Crippen LogP contribution is 2.30. The number of carbonyl (C=O) groups is 1. The maximum Gasteiger partial charge on any atom is 0.241 e. The third kappa shape index (κ3) is 2.62. The Hall–Kier alpha value is -0.910. The van der Waals surface area contributed by atoms with Crippen molar-refractivity contribution >= 4 is 17.2 Å². The summed E-state index contributed by atoms with van der Waals surface area (Å²) >= 11 is 1.72. The van der Waals surface area contributed by atoms with Crippen LogP contribution >= 0.6 is 11.3 Å². The number of nitrogens with one attached hydrogen (secondary N) is 1. The monoisotopic (exact) mass is 293 g/mol. The van der Waals surface area contributed by atoms with Crippen LogP contribution < -0.4 is 5.32 Å². The Balaban J connectivity index is 1.75. The van der Waals surface area contributed by atoms with Gasteiger partial charge in [-0.05, 0) is 51.2 Å². The SMILES string of the molecule is CC1NC(c2cccs2)N(C(C)CN2CCCC2)C1=O. The van der Waals surface area contributed by atoms with Crippen LogP contribution in [0.5, 0.6) is 0 Å². The maximum absolute atomic E-state index is 12.5. The standard InChI is InChI=1S/C15H23N3OS/c1-11(10-17-7-3-4-8-17)18-14(13-6-5-9-20-13)16-12(2)15(18)19/h5-6,9,11-12,14,16H,3-4,7-8,10H2,1-2H3. The number of hydrogen-bond acceptors (Lipinski definition) is 4. The Labute approximate surface area is 124 Å². The Kier molecular flexibility index (Phi) is 4.10. The molecule has 110 valence electrons. The van der Waals surface area contributed by atoms with Gasteiger partial charge in [0.1, 0.15) is 6.17 Å². The van der Waals surface area contributed by atoms with Crippen molar-refractivity contribution in [3.63, 3.8) is 0 Å². The van der Waals surface area contributed by atoms with Crippen molar-refractivity contribution in [3.8, 4) is 0 Å². The van der Waals surface area contributed by atoms with Gasteiger partial charge in [0, 0.05) is 17.5 Å². The highest BCUT2D eigenvalue weighted by atomic mass is 32.1. The second-order valence-electron chi connectivity index (χ2n) is 5.91. The van der Waals surface area contributed by atoms with Gasteiger partial charge in [-0.25, -0.2) is 0 Å². The summed E-state index contributed by atoms with van der Waals surface area (Å²) in [7, 11) is 0. The predicted molar refractivity (Wildman–Crippen MR) is 81.6 cm³/mol. The average Bonchev–Trinajstić information content (AvgIpc) is 3.12. The van der Waals surface area contributed by atoms with Crippen molar-refractivity contribution in [1.82, 2.24) is 15.1 Å². The highest BCUT2D eigenvalue weighted by molar-refractivity contribution is 7.10. The first-order chi connectivity index (χ1) is 9.66. The Bertz CT molecular complexity index is 456. The average molecular weight is 293 g/mol. The minimum atomic E-state index is -0.0804. The van der Waals surface area contributed by atoms with Crippen LogP contribution in [-0.2, 0) is 4.79 Å². The summed E-state index contributed by atoms with van der Waals surface area (Å²) in [6.45, 7) is 7.49. The Morgan fingerprint density at radius 1 is 1.45 bits per heavy atom. The molecule has 1 N–H and O–H groups in total. The molecule has 0 bridgehead atoms. The fourth-order valence-corrected chi connectivity index (χ4v) is 4.09. The van der Waals surface area contributed by atoms with Gasteiger partial charge in [0.25, 0.3) is 0 Å². The fraction of sp³-hybridized carbons (Fsp3) is 0.667. The summed E-state index contributed by atoms with van der Waals surface area (Å²) in [5, 5.41) is 5.51. The van der Waals surface area contributed by atoms with Crippen LogP contribution in [0.15, 0.2) is 17.5 Å². The van der Waals surface area contributed by atoms with Gasteiger partial charge in [0.15, 0.2) is 0 Å². The van der Waals surface area contributed by atoms with Crippen LogP contribution in [0.25, 0.3) is 0 Å². The molecule has 2 saturated heterocycles. The first-order valence-corrected chi connectivity index (χ1v) is 8.39. The van der Waals surface area contributed by atoms with Crippen LogP contribution in [0.3, 0.4) is 0 Å². The van der Waals surface area contributed by atoms with Crippen molar-refractivity contribution in [2.24, 2.45) is 0 Å². The minimum absolute atomic E-state index is 0.0510. The molecular formula is C15H23N3OS. The van der Waals surface area contributed by atoms with Crippen LogP contribution in [0.1, 0.15) is 37.7 Å².